The molecule has 0 saturated heterocycles. The first kappa shape index (κ1) is 13.1. The van der Waals surface area contributed by atoms with Gasteiger partial charge < -0.3 is 5.11 Å². The molecule has 0 aliphatic heterocycles. The van der Waals surface area contributed by atoms with Gasteiger partial charge in [-0.25, -0.2) is 13.1 Å². The monoisotopic (exact) mass is 263 g/mol. The van der Waals surface area contributed by atoms with Crippen LogP contribution in [-0.2, 0) is 21.2 Å². The van der Waals surface area contributed by atoms with Gasteiger partial charge >= 0.3 is 5.97 Å². The molecule has 1 aromatic heterocycles. The summed E-state index contributed by atoms with van der Waals surface area (Å²) in [5, 5.41) is 9.07. The number of aliphatic carboxylic acids is 1. The molecule has 1 aromatic rings. The van der Waals surface area contributed by atoms with E-state index in [0.717, 1.165) is 11.8 Å². The molecule has 0 amide bonds. The maximum absolute atomic E-state index is 11.4. The maximum atomic E-state index is 11.4. The van der Waals surface area contributed by atoms with E-state index in [1.165, 1.54) is 11.3 Å². The smallest absolute Gasteiger partial charge is 0.323 e. The van der Waals surface area contributed by atoms with Crippen LogP contribution in [0.3, 0.4) is 0 Å². The zero-order chi connectivity index (χ0) is 12.2. The first-order valence-corrected chi connectivity index (χ1v) is 7.10. The minimum Gasteiger partial charge on any atom is -0.480 e. The number of carboxylic acids is 1. The molecule has 0 aromatic carbocycles. The van der Waals surface area contributed by atoms with E-state index in [4.69, 9.17) is 5.11 Å². The number of hydrogen-bond donors (Lipinski definition) is 2. The molecule has 0 aliphatic carbocycles. The second kappa shape index (κ2) is 5.42. The van der Waals surface area contributed by atoms with Crippen LogP contribution in [0.5, 0.6) is 0 Å². The summed E-state index contributed by atoms with van der Waals surface area (Å²) < 4.78 is 25.1. The van der Waals surface area contributed by atoms with E-state index in [9.17, 15) is 13.2 Å². The number of carboxylic acid groups (broad SMARTS) is 1. The Hall–Kier alpha value is -0.920. The van der Waals surface area contributed by atoms with Gasteiger partial charge in [0, 0.05) is 11.4 Å². The minimum absolute atomic E-state index is 0.223. The van der Waals surface area contributed by atoms with Crippen LogP contribution >= 0.6 is 11.3 Å². The highest BCUT2D eigenvalue weighted by Crippen LogP contribution is 2.08. The summed E-state index contributed by atoms with van der Waals surface area (Å²) in [7, 11) is -3.76. The van der Waals surface area contributed by atoms with Crippen LogP contribution in [-0.4, -0.2) is 31.3 Å². The lowest BCUT2D eigenvalue weighted by atomic mass is 10.3. The highest BCUT2D eigenvalue weighted by atomic mass is 32.2. The van der Waals surface area contributed by atoms with Crippen LogP contribution in [0.25, 0.3) is 0 Å². The maximum Gasteiger partial charge on any atom is 0.323 e. The lowest BCUT2D eigenvalue weighted by molar-refractivity contribution is -0.136. The van der Waals surface area contributed by atoms with Gasteiger partial charge in [0.05, 0.1) is 0 Å². The lowest BCUT2D eigenvalue weighted by Gasteiger charge is -2.09. The Kier molecular flexibility index (Phi) is 4.45. The molecule has 7 heteroatoms. The molecule has 16 heavy (non-hydrogen) atoms. The van der Waals surface area contributed by atoms with E-state index >= 15 is 0 Å². The SMILES string of the molecule is CC(C(=O)O)S(=O)(=O)NCCc1cccs1. The Morgan fingerprint density at radius 1 is 1.62 bits per heavy atom. The second-order valence-corrected chi connectivity index (χ2v) is 6.37. The molecular weight excluding hydrogens is 250 g/mol. The average molecular weight is 263 g/mol. The topological polar surface area (TPSA) is 83.5 Å². The van der Waals surface area contributed by atoms with Crippen LogP contribution in [0.2, 0.25) is 0 Å². The summed E-state index contributed by atoms with van der Waals surface area (Å²) in [5.74, 6) is -1.34. The Bertz CT molecular complexity index is 438. The van der Waals surface area contributed by atoms with Gasteiger partial charge in [-0.1, -0.05) is 6.07 Å². The molecule has 2 N–H and O–H groups in total. The van der Waals surface area contributed by atoms with Crippen molar-refractivity contribution in [2.75, 3.05) is 6.54 Å². The predicted octanol–water partition coefficient (Wildman–Crippen LogP) is 0.683. The van der Waals surface area contributed by atoms with E-state index in [1.807, 2.05) is 17.5 Å². The molecule has 0 spiro atoms. The third kappa shape index (κ3) is 3.58. The van der Waals surface area contributed by atoms with Crippen molar-refractivity contribution in [2.45, 2.75) is 18.6 Å². The summed E-state index contributed by atoms with van der Waals surface area (Å²) in [5.41, 5.74) is 0. The molecular formula is C9H13NO4S2. The van der Waals surface area contributed by atoms with Crippen LogP contribution in [0, 0.1) is 0 Å². The van der Waals surface area contributed by atoms with Gasteiger partial charge in [0.15, 0.2) is 5.25 Å². The molecule has 0 bridgehead atoms. The zero-order valence-electron chi connectivity index (χ0n) is 8.71. The summed E-state index contributed by atoms with van der Waals surface area (Å²) in [6.07, 6.45) is 0.573. The third-order valence-electron chi connectivity index (χ3n) is 2.07. The molecule has 90 valence electrons. The van der Waals surface area contributed by atoms with Crippen LogP contribution in [0.15, 0.2) is 17.5 Å². The van der Waals surface area contributed by atoms with E-state index in [0.29, 0.717) is 6.42 Å². The number of hydrogen-bond acceptors (Lipinski definition) is 4. The largest absolute Gasteiger partial charge is 0.480 e. The van der Waals surface area contributed by atoms with Crippen LogP contribution in [0.4, 0.5) is 0 Å². The molecule has 0 saturated carbocycles. The van der Waals surface area contributed by atoms with Crippen molar-refractivity contribution in [2.24, 2.45) is 0 Å². The average Bonchev–Trinajstić information content (AvgIpc) is 2.69. The Labute approximate surface area is 98.2 Å². The number of thiophene rings is 1. The molecule has 0 aliphatic rings. The van der Waals surface area contributed by atoms with E-state index in [1.54, 1.807) is 0 Å². The van der Waals surface area contributed by atoms with Crippen molar-refractivity contribution in [3.63, 3.8) is 0 Å². The molecule has 1 heterocycles. The quantitative estimate of drug-likeness (QED) is 0.790. The summed E-state index contributed by atoms with van der Waals surface area (Å²) in [6, 6.07) is 3.79. The van der Waals surface area contributed by atoms with Crippen molar-refractivity contribution in [1.29, 1.82) is 0 Å². The van der Waals surface area contributed by atoms with Gasteiger partial charge in [0.2, 0.25) is 10.0 Å². The fourth-order valence-corrected chi connectivity index (χ4v) is 2.64. The Balaban J connectivity index is 2.46. The molecule has 1 rings (SSSR count). The summed E-state index contributed by atoms with van der Waals surface area (Å²) >= 11 is 1.54. The van der Waals surface area contributed by atoms with E-state index in [-0.39, 0.29) is 6.54 Å². The standard InChI is InChI=1S/C9H13NO4S2/c1-7(9(11)12)16(13,14)10-5-4-8-3-2-6-15-8/h2-3,6-7,10H,4-5H2,1H3,(H,11,12). The van der Waals surface area contributed by atoms with Crippen molar-refractivity contribution < 1.29 is 18.3 Å². The van der Waals surface area contributed by atoms with Crippen molar-refractivity contribution in [3.8, 4) is 0 Å². The highest BCUT2D eigenvalue weighted by Gasteiger charge is 2.26. The van der Waals surface area contributed by atoms with Crippen LogP contribution < -0.4 is 4.72 Å². The molecule has 0 fully saturated rings. The zero-order valence-corrected chi connectivity index (χ0v) is 10.3. The molecule has 5 nitrogen and oxygen atoms in total. The second-order valence-electron chi connectivity index (χ2n) is 3.25. The Morgan fingerprint density at radius 2 is 2.31 bits per heavy atom. The van der Waals surface area contributed by atoms with Crippen molar-refractivity contribution in [3.05, 3.63) is 22.4 Å². The van der Waals surface area contributed by atoms with Gasteiger partial charge in [0.1, 0.15) is 0 Å². The first-order chi connectivity index (χ1) is 7.43. The number of nitrogens with one attached hydrogen (secondary N) is 1. The number of rotatable bonds is 6. The lowest BCUT2D eigenvalue weighted by Crippen LogP contribution is -2.38. The van der Waals surface area contributed by atoms with Gasteiger partial charge in [-0.3, -0.25) is 4.79 Å². The van der Waals surface area contributed by atoms with Gasteiger partial charge in [-0.05, 0) is 24.8 Å². The Morgan fingerprint density at radius 3 is 2.81 bits per heavy atom. The molecule has 1 atom stereocenters. The minimum atomic E-state index is -3.76. The summed E-state index contributed by atoms with van der Waals surface area (Å²) in [6.45, 7) is 1.37. The van der Waals surface area contributed by atoms with Gasteiger partial charge in [0.25, 0.3) is 0 Å². The van der Waals surface area contributed by atoms with E-state index < -0.39 is 21.2 Å². The highest BCUT2D eigenvalue weighted by molar-refractivity contribution is 7.90. The van der Waals surface area contributed by atoms with Crippen molar-refractivity contribution in [1.82, 2.24) is 4.72 Å². The number of sulfonamides is 1. The van der Waals surface area contributed by atoms with Crippen LogP contribution in [0.1, 0.15) is 11.8 Å². The third-order valence-corrected chi connectivity index (χ3v) is 4.74. The fourth-order valence-electron chi connectivity index (χ4n) is 1.03. The van der Waals surface area contributed by atoms with E-state index in [2.05, 4.69) is 4.72 Å². The molecule has 1 unspecified atom stereocenters. The van der Waals surface area contributed by atoms with Crippen molar-refractivity contribution >= 4 is 27.3 Å². The van der Waals surface area contributed by atoms with Gasteiger partial charge in [-0.2, -0.15) is 0 Å². The van der Waals surface area contributed by atoms with Gasteiger partial charge in [-0.15, -0.1) is 11.3 Å². The number of carbonyl (C=O) groups is 1. The fraction of sp³-hybridized carbons (Fsp3) is 0.444. The first-order valence-electron chi connectivity index (χ1n) is 4.67. The predicted molar refractivity (Wildman–Crippen MR) is 62.0 cm³/mol. The summed E-state index contributed by atoms with van der Waals surface area (Å²) in [4.78, 5) is 11.6. The normalized spacial score (nSPS) is 13.6. The molecule has 0 radical (unpaired) electrons.